The number of carbonyl (C=O) groups is 2. The van der Waals surface area contributed by atoms with Crippen LogP contribution in [0.25, 0.3) is 0 Å². The van der Waals surface area contributed by atoms with Crippen molar-refractivity contribution in [1.29, 1.82) is 5.26 Å². The van der Waals surface area contributed by atoms with E-state index in [1.165, 1.54) is 18.3 Å². The van der Waals surface area contributed by atoms with E-state index in [0.29, 0.717) is 31.2 Å². The molecule has 0 bridgehead atoms. The summed E-state index contributed by atoms with van der Waals surface area (Å²) in [7, 11) is 0. The smallest absolute Gasteiger partial charge is 0.273 e. The van der Waals surface area contributed by atoms with Crippen molar-refractivity contribution in [1.82, 2.24) is 20.0 Å². The lowest BCUT2D eigenvalue weighted by atomic mass is 9.89. The molecule has 0 saturated carbocycles. The molecule has 0 aliphatic carbocycles. The summed E-state index contributed by atoms with van der Waals surface area (Å²) in [4.78, 5) is 29.3. The number of hydrogen-bond acceptors (Lipinski definition) is 5. The average Bonchev–Trinajstić information content (AvgIpc) is 3.44. The Morgan fingerprint density at radius 3 is 2.61 bits per heavy atom. The summed E-state index contributed by atoms with van der Waals surface area (Å²) in [5.74, 6) is -1.90. The summed E-state index contributed by atoms with van der Waals surface area (Å²) >= 11 is 0. The number of halogens is 2. The summed E-state index contributed by atoms with van der Waals surface area (Å²) in [5, 5.41) is 15.4. The van der Waals surface area contributed by atoms with Gasteiger partial charge in [-0.2, -0.15) is 10.4 Å². The van der Waals surface area contributed by atoms with Gasteiger partial charge in [-0.15, -0.1) is 0 Å². The van der Waals surface area contributed by atoms with E-state index in [1.54, 1.807) is 9.80 Å². The third kappa shape index (κ3) is 3.08. The standard InChI is InChI=1S/C21H19F2N5O3/c22-14-7-12(8-15(23)9-14)16-1-2-17-28(16)20(30)21(31-17)3-5-27(6-4-21)19(29)18-13(10-24)11-25-26-18/h7-9,11,16-17H,1-6H2,(H,25,26)/t16-,17+/m0/s1. The van der Waals surface area contributed by atoms with Crippen LogP contribution in [-0.2, 0) is 9.53 Å². The summed E-state index contributed by atoms with van der Waals surface area (Å²) in [6, 6.07) is 4.81. The molecule has 160 valence electrons. The van der Waals surface area contributed by atoms with E-state index in [-0.39, 0.29) is 36.2 Å². The topological polar surface area (TPSA) is 102 Å². The number of carbonyl (C=O) groups excluding carboxylic acids is 2. The zero-order valence-corrected chi connectivity index (χ0v) is 16.5. The Kier molecular flexibility index (Phi) is 4.51. The normalized spacial score (nSPS) is 24.5. The van der Waals surface area contributed by atoms with E-state index in [4.69, 9.17) is 10.00 Å². The Hall–Kier alpha value is -3.32. The zero-order valence-electron chi connectivity index (χ0n) is 16.5. The number of benzene rings is 1. The first-order valence-corrected chi connectivity index (χ1v) is 10.1. The number of nitrogens with zero attached hydrogens (tertiary/aromatic N) is 4. The number of H-pyrrole nitrogens is 1. The summed E-state index contributed by atoms with van der Waals surface area (Å²) in [5.41, 5.74) is -0.321. The maximum atomic E-state index is 13.7. The van der Waals surface area contributed by atoms with Crippen LogP contribution in [0.5, 0.6) is 0 Å². The molecule has 8 nitrogen and oxygen atoms in total. The van der Waals surface area contributed by atoms with E-state index >= 15 is 0 Å². The largest absolute Gasteiger partial charge is 0.342 e. The Bertz CT molecular complexity index is 1080. The van der Waals surface area contributed by atoms with Crippen molar-refractivity contribution in [2.24, 2.45) is 0 Å². The van der Waals surface area contributed by atoms with Gasteiger partial charge in [0.05, 0.1) is 12.2 Å². The minimum atomic E-state index is -1.04. The highest BCUT2D eigenvalue weighted by Gasteiger charge is 2.58. The van der Waals surface area contributed by atoms with Gasteiger partial charge in [-0.1, -0.05) is 0 Å². The number of rotatable bonds is 2. The molecule has 1 aromatic heterocycles. The first kappa shape index (κ1) is 19.6. The van der Waals surface area contributed by atoms with Gasteiger partial charge in [-0.25, -0.2) is 8.78 Å². The van der Waals surface area contributed by atoms with Crippen LogP contribution >= 0.6 is 0 Å². The number of ether oxygens (including phenoxy) is 1. The van der Waals surface area contributed by atoms with E-state index in [1.807, 2.05) is 6.07 Å². The quantitative estimate of drug-likeness (QED) is 0.792. The fraction of sp³-hybridized carbons (Fsp3) is 0.429. The molecule has 2 atom stereocenters. The van der Waals surface area contributed by atoms with Crippen LogP contribution in [0.15, 0.2) is 24.4 Å². The van der Waals surface area contributed by atoms with Crippen LogP contribution in [0.3, 0.4) is 0 Å². The fourth-order valence-corrected chi connectivity index (χ4v) is 4.90. The molecule has 5 rings (SSSR count). The predicted octanol–water partition coefficient (Wildman–Crippen LogP) is 2.25. The summed E-state index contributed by atoms with van der Waals surface area (Å²) < 4.78 is 33.6. The number of aromatic amines is 1. The molecule has 3 fully saturated rings. The Labute approximate surface area is 176 Å². The van der Waals surface area contributed by atoms with Gasteiger partial charge in [0.2, 0.25) is 0 Å². The highest BCUT2D eigenvalue weighted by molar-refractivity contribution is 5.95. The molecule has 10 heteroatoms. The summed E-state index contributed by atoms with van der Waals surface area (Å²) in [6.45, 7) is 0.572. The molecule has 0 unspecified atom stereocenters. The van der Waals surface area contributed by atoms with Crippen LogP contribution in [0, 0.1) is 23.0 Å². The minimum absolute atomic E-state index is 0.130. The molecule has 1 N–H and O–H groups in total. The van der Waals surface area contributed by atoms with Crippen molar-refractivity contribution < 1.29 is 23.1 Å². The van der Waals surface area contributed by atoms with Gasteiger partial charge in [-0.3, -0.25) is 14.7 Å². The number of amides is 2. The van der Waals surface area contributed by atoms with Crippen molar-refractivity contribution >= 4 is 11.8 Å². The van der Waals surface area contributed by atoms with Crippen LogP contribution in [0.1, 0.15) is 53.3 Å². The molecule has 3 aliphatic rings. The van der Waals surface area contributed by atoms with Crippen molar-refractivity contribution in [3.05, 3.63) is 52.9 Å². The highest BCUT2D eigenvalue weighted by Crippen LogP contribution is 2.47. The van der Waals surface area contributed by atoms with Crippen molar-refractivity contribution in [2.75, 3.05) is 13.1 Å². The number of hydrogen-bond donors (Lipinski definition) is 1. The zero-order chi connectivity index (χ0) is 21.8. The lowest BCUT2D eigenvalue weighted by Crippen LogP contribution is -2.51. The molecule has 1 aromatic carbocycles. The van der Waals surface area contributed by atoms with Crippen LogP contribution in [0.4, 0.5) is 8.78 Å². The Morgan fingerprint density at radius 1 is 1.23 bits per heavy atom. The number of nitrogens with one attached hydrogen (secondary N) is 1. The van der Waals surface area contributed by atoms with Gasteiger partial charge in [0, 0.05) is 32.0 Å². The second-order valence-electron chi connectivity index (χ2n) is 8.14. The minimum Gasteiger partial charge on any atom is -0.342 e. The second-order valence-corrected chi connectivity index (χ2v) is 8.14. The molecule has 2 amide bonds. The van der Waals surface area contributed by atoms with Crippen LogP contribution < -0.4 is 0 Å². The molecule has 31 heavy (non-hydrogen) atoms. The maximum Gasteiger partial charge on any atom is 0.273 e. The monoisotopic (exact) mass is 427 g/mol. The first-order chi connectivity index (χ1) is 14.9. The summed E-state index contributed by atoms with van der Waals surface area (Å²) in [6.07, 6.45) is 2.63. The Morgan fingerprint density at radius 2 is 1.94 bits per heavy atom. The third-order valence-electron chi connectivity index (χ3n) is 6.42. The van der Waals surface area contributed by atoms with Gasteiger partial charge < -0.3 is 14.5 Å². The predicted molar refractivity (Wildman–Crippen MR) is 101 cm³/mol. The lowest BCUT2D eigenvalue weighted by molar-refractivity contribution is -0.142. The average molecular weight is 427 g/mol. The van der Waals surface area contributed by atoms with Gasteiger partial charge in [0.25, 0.3) is 11.8 Å². The number of nitriles is 1. The number of piperidine rings is 1. The lowest BCUT2D eigenvalue weighted by Gasteiger charge is -2.37. The van der Waals surface area contributed by atoms with Gasteiger partial charge in [0.1, 0.15) is 35.2 Å². The third-order valence-corrected chi connectivity index (χ3v) is 6.42. The number of likely N-dealkylation sites (tertiary alicyclic amines) is 1. The molecular weight excluding hydrogens is 408 g/mol. The van der Waals surface area contributed by atoms with Crippen LogP contribution in [-0.4, -0.2) is 56.7 Å². The molecule has 3 aliphatic heterocycles. The maximum absolute atomic E-state index is 13.7. The van der Waals surface area contributed by atoms with E-state index in [2.05, 4.69) is 10.2 Å². The van der Waals surface area contributed by atoms with Gasteiger partial charge >= 0.3 is 0 Å². The second kappa shape index (κ2) is 7.13. The SMILES string of the molecule is N#Cc1cn[nH]c1C(=O)N1CCC2(CC1)O[C@@H]1CC[C@@H](c3cc(F)cc(F)c3)N1C2=O. The van der Waals surface area contributed by atoms with Crippen molar-refractivity contribution in [3.8, 4) is 6.07 Å². The molecule has 1 spiro atoms. The molecule has 2 aromatic rings. The number of fused-ring (bicyclic) bond motifs is 1. The first-order valence-electron chi connectivity index (χ1n) is 10.1. The van der Waals surface area contributed by atoms with Gasteiger partial charge in [-0.05, 0) is 30.5 Å². The highest BCUT2D eigenvalue weighted by atomic mass is 19.1. The molecule has 3 saturated heterocycles. The van der Waals surface area contributed by atoms with E-state index in [0.717, 1.165) is 6.07 Å². The van der Waals surface area contributed by atoms with Crippen molar-refractivity contribution in [3.63, 3.8) is 0 Å². The van der Waals surface area contributed by atoms with Crippen molar-refractivity contribution in [2.45, 2.75) is 43.6 Å². The number of aromatic nitrogens is 2. The van der Waals surface area contributed by atoms with E-state index in [9.17, 15) is 18.4 Å². The Balaban J connectivity index is 1.32. The van der Waals surface area contributed by atoms with Crippen LogP contribution in [0.2, 0.25) is 0 Å². The molecule has 0 radical (unpaired) electrons. The van der Waals surface area contributed by atoms with E-state index < -0.39 is 29.5 Å². The van der Waals surface area contributed by atoms with Gasteiger partial charge in [0.15, 0.2) is 5.60 Å². The molecular formula is C21H19F2N5O3. The molecule has 4 heterocycles. The fourth-order valence-electron chi connectivity index (χ4n) is 4.90.